The molecule has 0 spiro atoms. The van der Waals surface area contributed by atoms with Gasteiger partial charge in [-0.3, -0.25) is 4.79 Å². The van der Waals surface area contributed by atoms with E-state index in [0.29, 0.717) is 5.76 Å². The smallest absolute Gasteiger partial charge is 0.228 e. The van der Waals surface area contributed by atoms with Crippen molar-refractivity contribution in [1.29, 1.82) is 0 Å². The molecule has 0 aliphatic carbocycles. The normalized spacial score (nSPS) is 13.4. The number of hydrogen-bond acceptors (Lipinski definition) is 4. The van der Waals surface area contributed by atoms with Crippen molar-refractivity contribution < 1.29 is 9.32 Å². The number of rotatable bonds is 5. The van der Waals surface area contributed by atoms with E-state index in [-0.39, 0.29) is 17.9 Å². The molecule has 0 bridgehead atoms. The van der Waals surface area contributed by atoms with Crippen LogP contribution in [0.4, 0.5) is 0 Å². The van der Waals surface area contributed by atoms with Gasteiger partial charge >= 0.3 is 0 Å². The number of carbonyl (C=O) groups is 1. The Morgan fingerprint density at radius 3 is 2.56 bits per heavy atom. The lowest BCUT2D eigenvalue weighted by molar-refractivity contribution is -0.122. The van der Waals surface area contributed by atoms with Crippen LogP contribution in [0.15, 0.2) is 41.1 Å². The maximum absolute atomic E-state index is 12.6. The molecule has 3 rings (SSSR count). The van der Waals surface area contributed by atoms with Crippen LogP contribution in [0.3, 0.4) is 0 Å². The van der Waals surface area contributed by atoms with Gasteiger partial charge in [-0.15, -0.1) is 0 Å². The summed E-state index contributed by atoms with van der Waals surface area (Å²) in [5.41, 5.74) is 3.57. The zero-order valence-electron chi connectivity index (χ0n) is 14.8. The number of aromatic amines is 1. The number of aryl methyl sites for hydroxylation is 2. The van der Waals surface area contributed by atoms with Crippen molar-refractivity contribution in [2.75, 3.05) is 0 Å². The summed E-state index contributed by atoms with van der Waals surface area (Å²) in [5, 5.41) is 6.92. The number of imidazole rings is 1. The molecule has 3 aromatic rings. The summed E-state index contributed by atoms with van der Waals surface area (Å²) < 4.78 is 5.16. The number of H-pyrrole nitrogens is 1. The Kier molecular flexibility index (Phi) is 4.70. The van der Waals surface area contributed by atoms with Gasteiger partial charge in [0, 0.05) is 5.56 Å². The Morgan fingerprint density at radius 2 is 1.92 bits per heavy atom. The molecule has 2 aromatic heterocycles. The Hall–Kier alpha value is -2.89. The van der Waals surface area contributed by atoms with E-state index < -0.39 is 0 Å². The van der Waals surface area contributed by atoms with Crippen molar-refractivity contribution in [2.24, 2.45) is 0 Å². The summed E-state index contributed by atoms with van der Waals surface area (Å²) >= 11 is 0. The lowest BCUT2D eigenvalue weighted by Crippen LogP contribution is -2.31. The van der Waals surface area contributed by atoms with Crippen molar-refractivity contribution in [3.05, 3.63) is 59.4 Å². The van der Waals surface area contributed by atoms with Gasteiger partial charge in [-0.1, -0.05) is 35.5 Å². The van der Waals surface area contributed by atoms with Gasteiger partial charge in [-0.2, -0.15) is 0 Å². The van der Waals surface area contributed by atoms with Crippen LogP contribution in [0.5, 0.6) is 0 Å². The molecular weight excluding hydrogens is 316 g/mol. The van der Waals surface area contributed by atoms with Crippen molar-refractivity contribution in [3.63, 3.8) is 0 Å². The monoisotopic (exact) mass is 338 g/mol. The van der Waals surface area contributed by atoms with E-state index in [0.717, 1.165) is 28.3 Å². The lowest BCUT2D eigenvalue weighted by Gasteiger charge is -2.16. The van der Waals surface area contributed by atoms with Gasteiger partial charge in [0.05, 0.1) is 29.5 Å². The standard InChI is InChI=1S/C19H22N4O2/c1-11(17-12(2)23-25-14(17)4)19(24)21-13(3)18-20-10-16(22-18)15-8-6-5-7-9-15/h5-11,13H,1-4H3,(H,20,22)(H,21,24). The zero-order chi connectivity index (χ0) is 18.0. The van der Waals surface area contributed by atoms with Crippen molar-refractivity contribution in [2.45, 2.75) is 39.7 Å². The molecular formula is C19H22N4O2. The Labute approximate surface area is 146 Å². The first-order valence-corrected chi connectivity index (χ1v) is 8.30. The predicted molar refractivity (Wildman–Crippen MR) is 95.0 cm³/mol. The molecule has 0 radical (unpaired) electrons. The van der Waals surface area contributed by atoms with Crippen LogP contribution in [0.2, 0.25) is 0 Å². The van der Waals surface area contributed by atoms with Gasteiger partial charge < -0.3 is 14.8 Å². The minimum Gasteiger partial charge on any atom is -0.361 e. The van der Waals surface area contributed by atoms with Crippen molar-refractivity contribution in [3.8, 4) is 11.3 Å². The molecule has 0 aliphatic rings. The fourth-order valence-corrected chi connectivity index (χ4v) is 2.97. The molecule has 2 unspecified atom stereocenters. The SMILES string of the molecule is Cc1noc(C)c1C(C)C(=O)NC(C)c1ncc(-c2ccccc2)[nH]1. The van der Waals surface area contributed by atoms with Crippen LogP contribution in [-0.2, 0) is 4.79 Å². The fourth-order valence-electron chi connectivity index (χ4n) is 2.97. The van der Waals surface area contributed by atoms with E-state index in [9.17, 15) is 4.79 Å². The average Bonchev–Trinajstić information content (AvgIpc) is 3.22. The lowest BCUT2D eigenvalue weighted by atomic mass is 9.98. The second kappa shape index (κ2) is 6.93. The predicted octanol–water partition coefficient (Wildman–Crippen LogP) is 3.66. The maximum Gasteiger partial charge on any atom is 0.228 e. The molecule has 0 aliphatic heterocycles. The number of carbonyl (C=O) groups excluding carboxylic acids is 1. The van der Waals surface area contributed by atoms with Gasteiger partial charge in [-0.25, -0.2) is 4.98 Å². The number of benzene rings is 1. The van der Waals surface area contributed by atoms with Crippen molar-refractivity contribution >= 4 is 5.91 Å². The van der Waals surface area contributed by atoms with Crippen LogP contribution < -0.4 is 5.32 Å². The first kappa shape index (κ1) is 17.0. The third kappa shape index (κ3) is 3.47. The highest BCUT2D eigenvalue weighted by molar-refractivity contribution is 5.84. The van der Waals surface area contributed by atoms with E-state index in [1.165, 1.54) is 0 Å². The Balaban J connectivity index is 1.71. The highest BCUT2D eigenvalue weighted by atomic mass is 16.5. The largest absolute Gasteiger partial charge is 0.361 e. The summed E-state index contributed by atoms with van der Waals surface area (Å²) in [5.74, 6) is 0.979. The average molecular weight is 338 g/mol. The summed E-state index contributed by atoms with van der Waals surface area (Å²) in [7, 11) is 0. The quantitative estimate of drug-likeness (QED) is 0.743. The zero-order valence-corrected chi connectivity index (χ0v) is 14.8. The first-order valence-electron chi connectivity index (χ1n) is 8.30. The molecule has 6 heteroatoms. The number of amides is 1. The summed E-state index contributed by atoms with van der Waals surface area (Å²) in [4.78, 5) is 20.3. The third-order valence-corrected chi connectivity index (χ3v) is 4.36. The molecule has 1 aromatic carbocycles. The molecule has 2 heterocycles. The van der Waals surface area contributed by atoms with Gasteiger partial charge in [0.15, 0.2) is 0 Å². The van der Waals surface area contributed by atoms with E-state index in [2.05, 4.69) is 20.4 Å². The summed E-state index contributed by atoms with van der Waals surface area (Å²) in [6.45, 7) is 7.43. The van der Waals surface area contributed by atoms with Gasteiger partial charge in [0.2, 0.25) is 5.91 Å². The number of hydrogen-bond donors (Lipinski definition) is 2. The van der Waals surface area contributed by atoms with E-state index in [1.54, 1.807) is 6.20 Å². The second-order valence-electron chi connectivity index (χ2n) is 6.24. The molecule has 0 fully saturated rings. The minimum absolute atomic E-state index is 0.0837. The third-order valence-electron chi connectivity index (χ3n) is 4.36. The second-order valence-corrected chi connectivity index (χ2v) is 6.24. The Bertz CT molecular complexity index is 847. The molecule has 0 saturated carbocycles. The highest BCUT2D eigenvalue weighted by Gasteiger charge is 2.24. The number of aromatic nitrogens is 3. The molecule has 6 nitrogen and oxygen atoms in total. The van der Waals surface area contributed by atoms with Crippen LogP contribution in [0, 0.1) is 13.8 Å². The van der Waals surface area contributed by atoms with Crippen LogP contribution in [0.25, 0.3) is 11.3 Å². The van der Waals surface area contributed by atoms with E-state index in [1.807, 2.05) is 58.0 Å². The molecule has 2 atom stereocenters. The summed E-state index contributed by atoms with van der Waals surface area (Å²) in [6.07, 6.45) is 1.78. The molecule has 1 amide bonds. The van der Waals surface area contributed by atoms with Crippen LogP contribution in [0.1, 0.15) is 48.6 Å². The molecule has 25 heavy (non-hydrogen) atoms. The van der Waals surface area contributed by atoms with Crippen LogP contribution >= 0.6 is 0 Å². The van der Waals surface area contributed by atoms with Gasteiger partial charge in [0.1, 0.15) is 11.6 Å². The molecule has 0 saturated heterocycles. The topological polar surface area (TPSA) is 83.8 Å². The number of nitrogens with zero attached hydrogens (tertiary/aromatic N) is 2. The highest BCUT2D eigenvalue weighted by Crippen LogP contribution is 2.24. The van der Waals surface area contributed by atoms with E-state index in [4.69, 9.17) is 4.52 Å². The van der Waals surface area contributed by atoms with E-state index >= 15 is 0 Å². The maximum atomic E-state index is 12.6. The number of nitrogens with one attached hydrogen (secondary N) is 2. The van der Waals surface area contributed by atoms with Gasteiger partial charge in [-0.05, 0) is 33.3 Å². The minimum atomic E-state index is -0.336. The Morgan fingerprint density at radius 1 is 1.20 bits per heavy atom. The molecule has 2 N–H and O–H groups in total. The van der Waals surface area contributed by atoms with Crippen LogP contribution in [-0.4, -0.2) is 21.0 Å². The van der Waals surface area contributed by atoms with Gasteiger partial charge in [0.25, 0.3) is 0 Å². The summed E-state index contributed by atoms with van der Waals surface area (Å²) in [6, 6.07) is 9.73. The fraction of sp³-hybridized carbons (Fsp3) is 0.316. The molecule has 130 valence electrons. The first-order chi connectivity index (χ1) is 12.0. The van der Waals surface area contributed by atoms with Crippen molar-refractivity contribution in [1.82, 2.24) is 20.4 Å².